The molecule has 0 spiro atoms. The van der Waals surface area contributed by atoms with Crippen LogP contribution in [0.5, 0.6) is 0 Å². The molecule has 2 aromatic heterocycles. The molecule has 0 saturated carbocycles. The number of fused-ring (bicyclic) bond motifs is 2. The summed E-state index contributed by atoms with van der Waals surface area (Å²) in [7, 11) is 0. The van der Waals surface area contributed by atoms with Crippen LogP contribution in [-0.4, -0.2) is 25.9 Å². The number of amides is 1. The first-order chi connectivity index (χ1) is 16.5. The Morgan fingerprint density at radius 1 is 0.853 bits per heavy atom. The molecule has 5 aromatic rings. The lowest BCUT2D eigenvalue weighted by Gasteiger charge is -2.26. The highest BCUT2D eigenvalue weighted by atomic mass is 35.5. The summed E-state index contributed by atoms with van der Waals surface area (Å²) in [5.41, 5.74) is 4.61. The second-order valence-corrected chi connectivity index (χ2v) is 9.18. The Balaban J connectivity index is 1.46. The molecule has 0 fully saturated rings. The van der Waals surface area contributed by atoms with E-state index in [1.54, 1.807) is 12.1 Å². The van der Waals surface area contributed by atoms with Crippen LogP contribution in [0.15, 0.2) is 79.1 Å². The minimum absolute atomic E-state index is 0.272. The van der Waals surface area contributed by atoms with Gasteiger partial charge in [0.2, 0.25) is 0 Å². The van der Waals surface area contributed by atoms with E-state index >= 15 is 0 Å². The highest BCUT2D eigenvalue weighted by Gasteiger charge is 2.19. The quantitative estimate of drug-likeness (QED) is 0.233. The van der Waals surface area contributed by atoms with Gasteiger partial charge in [0.25, 0.3) is 5.91 Å². The normalized spacial score (nSPS) is 11.1. The van der Waals surface area contributed by atoms with E-state index in [2.05, 4.69) is 27.4 Å². The van der Waals surface area contributed by atoms with Gasteiger partial charge in [-0.25, -0.2) is 0 Å². The largest absolute Gasteiger partial charge is 0.361 e. The molecule has 0 saturated heterocycles. The van der Waals surface area contributed by atoms with E-state index in [1.807, 2.05) is 53.7 Å². The molecule has 3 aromatic carbocycles. The van der Waals surface area contributed by atoms with Gasteiger partial charge in [-0.3, -0.25) is 10.1 Å². The first kappa shape index (κ1) is 22.5. The molecule has 0 unspecified atom stereocenters. The topological polar surface area (TPSA) is 63.9 Å². The zero-order valence-corrected chi connectivity index (χ0v) is 20.3. The maximum absolute atomic E-state index is 13.0. The summed E-state index contributed by atoms with van der Waals surface area (Å²) >= 11 is 18.0. The molecule has 0 radical (unpaired) electrons. The third kappa shape index (κ3) is 4.53. The van der Waals surface area contributed by atoms with Crippen LogP contribution in [0.25, 0.3) is 21.8 Å². The average molecular weight is 507 g/mol. The average Bonchev–Trinajstić information content (AvgIpc) is 3.49. The molecule has 3 N–H and O–H groups in total. The van der Waals surface area contributed by atoms with Crippen LogP contribution in [0.1, 0.15) is 21.5 Å². The van der Waals surface area contributed by atoms with Crippen molar-refractivity contribution in [2.75, 3.05) is 0 Å². The maximum Gasteiger partial charge on any atom is 0.258 e. The lowest BCUT2D eigenvalue weighted by molar-refractivity contribution is 0.0973. The zero-order valence-electron chi connectivity index (χ0n) is 17.9. The van der Waals surface area contributed by atoms with E-state index in [0.717, 1.165) is 32.9 Å². The molecule has 0 aliphatic carbocycles. The SMILES string of the molecule is O=C(NC(=S)N(Cc1cccc2[nH]ccc12)Cc1cccc2[nH]ccc12)c1ccc(Cl)cc1Cl. The fraction of sp³-hybridized carbons (Fsp3) is 0.0769. The van der Waals surface area contributed by atoms with Crippen LogP contribution in [0.3, 0.4) is 0 Å². The smallest absolute Gasteiger partial charge is 0.258 e. The summed E-state index contributed by atoms with van der Waals surface area (Å²) in [6, 6.07) is 21.1. The summed E-state index contributed by atoms with van der Waals surface area (Å²) in [5, 5.41) is 6.13. The third-order valence-corrected chi connectivity index (χ3v) is 6.68. The van der Waals surface area contributed by atoms with Gasteiger partial charge in [-0.1, -0.05) is 47.5 Å². The zero-order chi connectivity index (χ0) is 23.7. The van der Waals surface area contributed by atoms with Gasteiger partial charge in [0.1, 0.15) is 0 Å². The van der Waals surface area contributed by atoms with Gasteiger partial charge in [0, 0.05) is 52.3 Å². The number of rotatable bonds is 5. The van der Waals surface area contributed by atoms with Gasteiger partial charge >= 0.3 is 0 Å². The van der Waals surface area contributed by atoms with Crippen molar-refractivity contribution in [2.45, 2.75) is 13.1 Å². The van der Waals surface area contributed by atoms with Crippen molar-refractivity contribution in [1.82, 2.24) is 20.2 Å². The Labute approximate surface area is 211 Å². The van der Waals surface area contributed by atoms with Crippen molar-refractivity contribution in [3.05, 3.63) is 106 Å². The highest BCUT2D eigenvalue weighted by Crippen LogP contribution is 2.24. The Bertz CT molecular complexity index is 1450. The molecule has 5 nitrogen and oxygen atoms in total. The van der Waals surface area contributed by atoms with Crippen LogP contribution in [0.4, 0.5) is 0 Å². The Kier molecular flexibility index (Phi) is 6.28. The van der Waals surface area contributed by atoms with Crippen molar-refractivity contribution < 1.29 is 4.79 Å². The van der Waals surface area contributed by atoms with Crippen molar-refractivity contribution >= 4 is 68.2 Å². The van der Waals surface area contributed by atoms with Gasteiger partial charge in [0.15, 0.2) is 5.11 Å². The number of thiocarbonyl (C=S) groups is 1. The van der Waals surface area contributed by atoms with Crippen molar-refractivity contribution in [2.24, 2.45) is 0 Å². The summed E-state index contributed by atoms with van der Waals surface area (Å²) < 4.78 is 0. The first-order valence-corrected chi connectivity index (χ1v) is 11.8. The second-order valence-electron chi connectivity index (χ2n) is 7.95. The Hall–Kier alpha value is -3.32. The lowest BCUT2D eigenvalue weighted by atomic mass is 10.1. The fourth-order valence-electron chi connectivity index (χ4n) is 4.10. The van der Waals surface area contributed by atoms with E-state index in [-0.39, 0.29) is 10.9 Å². The number of H-pyrrole nitrogens is 2. The van der Waals surface area contributed by atoms with Crippen LogP contribution in [0, 0.1) is 0 Å². The highest BCUT2D eigenvalue weighted by molar-refractivity contribution is 7.80. The number of hydrogen-bond acceptors (Lipinski definition) is 2. The van der Waals surface area contributed by atoms with Gasteiger partial charge in [0.05, 0.1) is 10.6 Å². The Morgan fingerprint density at radius 3 is 2.00 bits per heavy atom. The summed E-state index contributed by atoms with van der Waals surface area (Å²) in [6.45, 7) is 1.03. The van der Waals surface area contributed by atoms with Gasteiger partial charge in [-0.15, -0.1) is 0 Å². The number of carbonyl (C=O) groups excluding carboxylic acids is 1. The van der Waals surface area contributed by atoms with Crippen molar-refractivity contribution in [1.29, 1.82) is 0 Å². The summed E-state index contributed by atoms with van der Waals surface area (Å²) in [6.07, 6.45) is 3.84. The number of aromatic nitrogens is 2. The lowest BCUT2D eigenvalue weighted by Crippen LogP contribution is -2.42. The molecule has 0 aliphatic rings. The molecule has 34 heavy (non-hydrogen) atoms. The van der Waals surface area contributed by atoms with Crippen LogP contribution < -0.4 is 5.32 Å². The van der Waals surface area contributed by atoms with Crippen LogP contribution in [0.2, 0.25) is 10.0 Å². The molecule has 1 amide bonds. The van der Waals surface area contributed by atoms with Gasteiger partial charge in [-0.2, -0.15) is 0 Å². The van der Waals surface area contributed by atoms with E-state index in [0.29, 0.717) is 28.8 Å². The molecule has 5 rings (SSSR count). The number of aromatic amines is 2. The van der Waals surface area contributed by atoms with E-state index in [4.69, 9.17) is 35.4 Å². The van der Waals surface area contributed by atoms with E-state index < -0.39 is 0 Å². The molecule has 0 atom stereocenters. The summed E-state index contributed by atoms with van der Waals surface area (Å²) in [4.78, 5) is 21.5. The minimum atomic E-state index is -0.378. The van der Waals surface area contributed by atoms with E-state index in [9.17, 15) is 4.79 Å². The monoisotopic (exact) mass is 506 g/mol. The van der Waals surface area contributed by atoms with Crippen molar-refractivity contribution in [3.63, 3.8) is 0 Å². The number of benzene rings is 3. The molecule has 8 heteroatoms. The number of carbonyl (C=O) groups is 1. The van der Waals surface area contributed by atoms with Gasteiger partial charge < -0.3 is 14.9 Å². The summed E-state index contributed by atoms with van der Waals surface area (Å²) in [5.74, 6) is -0.378. The number of nitrogens with one attached hydrogen (secondary N) is 3. The Morgan fingerprint density at radius 2 is 1.44 bits per heavy atom. The van der Waals surface area contributed by atoms with Crippen LogP contribution in [-0.2, 0) is 13.1 Å². The third-order valence-electron chi connectivity index (χ3n) is 5.78. The fourth-order valence-corrected chi connectivity index (χ4v) is 4.82. The number of nitrogens with zero attached hydrogens (tertiary/aromatic N) is 1. The minimum Gasteiger partial charge on any atom is -0.361 e. The van der Waals surface area contributed by atoms with E-state index in [1.165, 1.54) is 6.07 Å². The van der Waals surface area contributed by atoms with Crippen molar-refractivity contribution in [3.8, 4) is 0 Å². The number of halogens is 2. The first-order valence-electron chi connectivity index (χ1n) is 10.6. The molecular weight excluding hydrogens is 487 g/mol. The predicted octanol–water partition coefficient (Wildman–Crippen LogP) is 6.67. The molecule has 170 valence electrons. The standard InChI is InChI=1S/C26H20Cl2N4OS/c27-18-7-8-21(22(28)13-18)25(33)31-26(34)32(14-16-3-1-5-23-19(16)9-11-29-23)15-17-4-2-6-24-20(17)10-12-30-24/h1-13,29-30H,14-15H2,(H,31,33,34). The second kappa shape index (κ2) is 9.50. The maximum atomic E-state index is 13.0. The number of hydrogen-bond donors (Lipinski definition) is 3. The van der Waals surface area contributed by atoms with Gasteiger partial charge in [-0.05, 0) is 65.8 Å². The molecule has 0 aliphatic heterocycles. The van der Waals surface area contributed by atoms with Crippen LogP contribution >= 0.6 is 35.4 Å². The molecular formula is C26H20Cl2N4OS. The predicted molar refractivity (Wildman–Crippen MR) is 142 cm³/mol. The molecule has 2 heterocycles. The molecule has 0 bridgehead atoms.